The number of nitrogens with zero attached hydrogens (tertiary/aromatic N) is 1. The Bertz CT molecular complexity index is 1150. The molecular formula is C24H20ClNO4. The van der Waals surface area contributed by atoms with Gasteiger partial charge >= 0.3 is 0 Å². The third-order valence-corrected chi connectivity index (χ3v) is 5.56. The second-order valence-corrected chi connectivity index (χ2v) is 7.50. The zero-order chi connectivity index (χ0) is 21.3. The standard InChI is InChI=1S/C24H20ClNO4/c1-30-14-13-26-21(19-8-4-6-15-5-2-3-7-18(15)19)20(23(28)24(26)29)22(27)16-9-11-17(25)12-10-16/h2-12,21,27H,13-14H2,1H3. The average molecular weight is 422 g/mol. The molecule has 0 aliphatic carbocycles. The maximum absolute atomic E-state index is 13.0. The first-order chi connectivity index (χ1) is 14.5. The lowest BCUT2D eigenvalue weighted by Crippen LogP contribution is -2.32. The third-order valence-electron chi connectivity index (χ3n) is 5.31. The van der Waals surface area contributed by atoms with Crippen LogP contribution in [0.2, 0.25) is 5.02 Å². The number of halogens is 1. The van der Waals surface area contributed by atoms with E-state index in [1.165, 1.54) is 12.0 Å². The first-order valence-electron chi connectivity index (χ1n) is 9.54. The number of aliphatic hydroxyl groups excluding tert-OH is 1. The van der Waals surface area contributed by atoms with Gasteiger partial charge in [0.1, 0.15) is 5.76 Å². The monoisotopic (exact) mass is 421 g/mol. The fourth-order valence-corrected chi connectivity index (χ4v) is 4.00. The molecule has 1 fully saturated rings. The molecule has 1 aliphatic heterocycles. The highest BCUT2D eigenvalue weighted by molar-refractivity contribution is 6.46. The zero-order valence-corrected chi connectivity index (χ0v) is 17.1. The van der Waals surface area contributed by atoms with Crippen LogP contribution in [0.15, 0.2) is 72.3 Å². The number of carbonyl (C=O) groups excluding carboxylic acids is 2. The number of hydrogen-bond donors (Lipinski definition) is 1. The normalized spacial score (nSPS) is 18.3. The highest BCUT2D eigenvalue weighted by Crippen LogP contribution is 2.41. The van der Waals surface area contributed by atoms with Gasteiger partial charge in [-0.15, -0.1) is 0 Å². The third kappa shape index (κ3) is 3.47. The molecule has 3 aromatic rings. The van der Waals surface area contributed by atoms with Gasteiger partial charge < -0.3 is 14.7 Å². The molecule has 0 bridgehead atoms. The Kier molecular flexibility index (Phi) is 5.57. The maximum atomic E-state index is 13.0. The maximum Gasteiger partial charge on any atom is 0.295 e. The van der Waals surface area contributed by atoms with Gasteiger partial charge in [-0.1, -0.05) is 54.1 Å². The molecule has 5 nitrogen and oxygen atoms in total. The predicted molar refractivity (Wildman–Crippen MR) is 116 cm³/mol. The van der Waals surface area contributed by atoms with Crippen molar-refractivity contribution < 1.29 is 19.4 Å². The van der Waals surface area contributed by atoms with Gasteiger partial charge in [0.25, 0.3) is 11.7 Å². The van der Waals surface area contributed by atoms with Gasteiger partial charge in [-0.05, 0) is 40.6 Å². The minimum absolute atomic E-state index is 0.0646. The van der Waals surface area contributed by atoms with Crippen LogP contribution in [0.4, 0.5) is 0 Å². The molecule has 152 valence electrons. The number of aliphatic hydroxyl groups is 1. The van der Waals surface area contributed by atoms with Crippen LogP contribution in [-0.2, 0) is 14.3 Å². The van der Waals surface area contributed by atoms with Crippen molar-refractivity contribution in [3.63, 3.8) is 0 Å². The van der Waals surface area contributed by atoms with E-state index in [2.05, 4.69) is 0 Å². The van der Waals surface area contributed by atoms with Gasteiger partial charge in [0.15, 0.2) is 0 Å². The Morgan fingerprint density at radius 3 is 2.47 bits per heavy atom. The molecule has 1 heterocycles. The summed E-state index contributed by atoms with van der Waals surface area (Å²) in [5.41, 5.74) is 1.27. The summed E-state index contributed by atoms with van der Waals surface area (Å²) < 4.78 is 5.15. The Morgan fingerprint density at radius 1 is 1.03 bits per heavy atom. The topological polar surface area (TPSA) is 66.8 Å². The molecule has 0 spiro atoms. The van der Waals surface area contributed by atoms with E-state index in [1.54, 1.807) is 24.3 Å². The summed E-state index contributed by atoms with van der Waals surface area (Å²) in [7, 11) is 1.54. The molecule has 4 rings (SSSR count). The smallest absolute Gasteiger partial charge is 0.295 e. The number of benzene rings is 3. The van der Waals surface area contributed by atoms with E-state index in [1.807, 2.05) is 42.5 Å². The largest absolute Gasteiger partial charge is 0.507 e. The number of ether oxygens (including phenoxy) is 1. The molecule has 30 heavy (non-hydrogen) atoms. The van der Waals surface area contributed by atoms with Crippen LogP contribution in [0, 0.1) is 0 Å². The van der Waals surface area contributed by atoms with Gasteiger partial charge in [-0.3, -0.25) is 9.59 Å². The van der Waals surface area contributed by atoms with E-state index in [-0.39, 0.29) is 24.5 Å². The molecule has 3 aromatic carbocycles. The number of hydrogen-bond acceptors (Lipinski definition) is 4. The van der Waals surface area contributed by atoms with Crippen molar-refractivity contribution >= 4 is 39.8 Å². The molecule has 0 saturated carbocycles. The van der Waals surface area contributed by atoms with E-state index in [0.29, 0.717) is 10.6 Å². The van der Waals surface area contributed by atoms with Crippen molar-refractivity contribution in [1.29, 1.82) is 0 Å². The number of likely N-dealkylation sites (tertiary alicyclic amines) is 1. The summed E-state index contributed by atoms with van der Waals surface area (Å²) in [5.74, 6) is -1.58. The van der Waals surface area contributed by atoms with E-state index in [4.69, 9.17) is 16.3 Å². The molecule has 1 N–H and O–H groups in total. The van der Waals surface area contributed by atoms with E-state index < -0.39 is 17.7 Å². The van der Waals surface area contributed by atoms with Crippen LogP contribution in [-0.4, -0.2) is 42.0 Å². The highest BCUT2D eigenvalue weighted by Gasteiger charge is 2.46. The lowest BCUT2D eigenvalue weighted by molar-refractivity contribution is -0.140. The van der Waals surface area contributed by atoms with E-state index in [0.717, 1.165) is 16.3 Å². The van der Waals surface area contributed by atoms with E-state index in [9.17, 15) is 14.7 Å². The minimum Gasteiger partial charge on any atom is -0.507 e. The van der Waals surface area contributed by atoms with Crippen LogP contribution >= 0.6 is 11.6 Å². The molecule has 0 aromatic heterocycles. The van der Waals surface area contributed by atoms with Gasteiger partial charge in [0.05, 0.1) is 18.2 Å². The highest BCUT2D eigenvalue weighted by atomic mass is 35.5. The molecule has 1 amide bonds. The molecule has 1 aliphatic rings. The Hall–Kier alpha value is -3.15. The van der Waals surface area contributed by atoms with Crippen LogP contribution in [0.3, 0.4) is 0 Å². The SMILES string of the molecule is COCCN1C(=O)C(=O)C(=C(O)c2ccc(Cl)cc2)C1c1cccc2ccccc12. The van der Waals surface area contributed by atoms with Crippen molar-refractivity contribution in [2.24, 2.45) is 0 Å². The van der Waals surface area contributed by atoms with Crippen molar-refractivity contribution in [3.05, 3.63) is 88.5 Å². The van der Waals surface area contributed by atoms with Gasteiger partial charge in [-0.2, -0.15) is 0 Å². The van der Waals surface area contributed by atoms with Gasteiger partial charge in [0.2, 0.25) is 0 Å². The van der Waals surface area contributed by atoms with Crippen molar-refractivity contribution in [3.8, 4) is 0 Å². The van der Waals surface area contributed by atoms with Crippen LogP contribution in [0.1, 0.15) is 17.2 Å². The average Bonchev–Trinajstić information content (AvgIpc) is 3.02. The lowest BCUT2D eigenvalue weighted by Gasteiger charge is -2.26. The first-order valence-corrected chi connectivity index (χ1v) is 9.91. The van der Waals surface area contributed by atoms with Crippen LogP contribution < -0.4 is 0 Å². The summed E-state index contributed by atoms with van der Waals surface area (Å²) in [5, 5.41) is 13.5. The van der Waals surface area contributed by atoms with Crippen molar-refractivity contribution in [2.75, 3.05) is 20.3 Å². The molecule has 6 heteroatoms. The van der Waals surface area contributed by atoms with Crippen molar-refractivity contribution in [2.45, 2.75) is 6.04 Å². The number of carbonyl (C=O) groups is 2. The Balaban J connectivity index is 1.95. The second kappa shape index (κ2) is 8.30. The summed E-state index contributed by atoms with van der Waals surface area (Å²) in [6.45, 7) is 0.502. The quantitative estimate of drug-likeness (QED) is 0.372. The number of ketones is 1. The molecular weight excluding hydrogens is 402 g/mol. The number of methoxy groups -OCH3 is 1. The first kappa shape index (κ1) is 20.1. The van der Waals surface area contributed by atoms with Crippen LogP contribution in [0.5, 0.6) is 0 Å². The van der Waals surface area contributed by atoms with E-state index >= 15 is 0 Å². The fraction of sp³-hybridized carbons (Fsp3) is 0.167. The lowest BCUT2D eigenvalue weighted by atomic mass is 9.91. The molecule has 1 saturated heterocycles. The minimum atomic E-state index is -0.720. The van der Waals surface area contributed by atoms with Crippen LogP contribution in [0.25, 0.3) is 16.5 Å². The number of amides is 1. The summed E-state index contributed by atoms with van der Waals surface area (Å²) in [4.78, 5) is 27.4. The fourth-order valence-electron chi connectivity index (χ4n) is 3.88. The molecule has 0 radical (unpaired) electrons. The Labute approximate surface area is 179 Å². The number of rotatable bonds is 5. The predicted octanol–water partition coefficient (Wildman–Crippen LogP) is 4.56. The molecule has 1 unspecified atom stereocenters. The Morgan fingerprint density at radius 2 is 1.73 bits per heavy atom. The number of fused-ring (bicyclic) bond motifs is 1. The van der Waals surface area contributed by atoms with Crippen molar-refractivity contribution in [1.82, 2.24) is 4.90 Å². The van der Waals surface area contributed by atoms with Gasteiger partial charge in [-0.25, -0.2) is 0 Å². The summed E-state index contributed by atoms with van der Waals surface area (Å²) in [6, 6.07) is 19.3. The molecule has 1 atom stereocenters. The van der Waals surface area contributed by atoms with Gasteiger partial charge in [0, 0.05) is 24.2 Å². The summed E-state index contributed by atoms with van der Waals surface area (Å²) >= 11 is 5.96. The number of Topliss-reactive ketones (excluding diaryl/α,β-unsaturated/α-hetero) is 1. The zero-order valence-electron chi connectivity index (χ0n) is 16.3. The summed E-state index contributed by atoms with van der Waals surface area (Å²) in [6.07, 6.45) is 0. The second-order valence-electron chi connectivity index (χ2n) is 7.06.